The molecule has 2 aliphatic rings. The molecule has 1 aromatic rings. The van der Waals surface area contributed by atoms with E-state index in [1.54, 1.807) is 0 Å². The largest absolute Gasteiger partial charge is 0.352 e. The molecule has 2 fully saturated rings. The Kier molecular flexibility index (Phi) is 5.16. The molecule has 1 N–H and O–H groups in total. The molecule has 0 saturated heterocycles. The number of rotatable bonds is 6. The molecule has 0 heterocycles. The Hall–Kier alpha value is -1.47. The van der Waals surface area contributed by atoms with Crippen molar-refractivity contribution in [1.29, 1.82) is 0 Å². The molecule has 138 valence electrons. The van der Waals surface area contributed by atoms with Gasteiger partial charge in [0.25, 0.3) is 0 Å². The minimum Gasteiger partial charge on any atom is -0.352 e. The van der Waals surface area contributed by atoms with Crippen molar-refractivity contribution in [1.82, 2.24) is 9.62 Å². The third kappa shape index (κ3) is 3.87. The van der Waals surface area contributed by atoms with Crippen molar-refractivity contribution < 1.29 is 17.6 Å². The van der Waals surface area contributed by atoms with E-state index in [4.69, 9.17) is 0 Å². The number of nitrogens with one attached hydrogen (secondary N) is 1. The number of carbonyl (C=O) groups excluding carboxylic acids is 1. The zero-order valence-electron chi connectivity index (χ0n) is 14.6. The third-order valence-electron chi connectivity index (χ3n) is 5.71. The van der Waals surface area contributed by atoms with Crippen LogP contribution < -0.4 is 5.32 Å². The molecule has 0 spiro atoms. The Labute approximate surface area is 148 Å². The molecule has 0 aliphatic heterocycles. The summed E-state index contributed by atoms with van der Waals surface area (Å²) in [6, 6.07) is 4.66. The number of benzene rings is 1. The monoisotopic (exact) mass is 368 g/mol. The number of halogens is 1. The molecule has 3 rings (SSSR count). The summed E-state index contributed by atoms with van der Waals surface area (Å²) in [4.78, 5) is 12.3. The van der Waals surface area contributed by atoms with Crippen molar-refractivity contribution in [3.8, 4) is 0 Å². The second-order valence-electron chi connectivity index (χ2n) is 7.41. The number of nitrogens with zero attached hydrogens (tertiary/aromatic N) is 1. The smallest absolute Gasteiger partial charge is 0.243 e. The van der Waals surface area contributed by atoms with Crippen LogP contribution in [0.1, 0.15) is 32.6 Å². The van der Waals surface area contributed by atoms with Gasteiger partial charge in [-0.3, -0.25) is 4.79 Å². The fourth-order valence-corrected chi connectivity index (χ4v) is 5.51. The lowest BCUT2D eigenvalue weighted by molar-refractivity contribution is -0.122. The fraction of sp³-hybridized carbons (Fsp3) is 0.611. The second-order valence-corrected chi connectivity index (χ2v) is 9.45. The zero-order valence-corrected chi connectivity index (χ0v) is 15.4. The van der Waals surface area contributed by atoms with Gasteiger partial charge in [-0.15, -0.1) is 0 Å². The van der Waals surface area contributed by atoms with Crippen molar-refractivity contribution in [3.63, 3.8) is 0 Å². The lowest BCUT2D eigenvalue weighted by atomic mass is 9.84. The standard InChI is InChI=1S/C18H25FN2O3S/c1-12(17-10-13-3-4-14(17)9-13)20-18(22)11-21(2)25(23,24)16-7-5-15(19)6-8-16/h5-8,12-14,17H,3-4,9-11H2,1-2H3,(H,20,22)/t12-,13+,14+,17+/m1/s1. The molecule has 2 saturated carbocycles. The van der Waals surface area contributed by atoms with Gasteiger partial charge in [-0.2, -0.15) is 4.31 Å². The van der Waals surface area contributed by atoms with Crippen LogP contribution in [0.2, 0.25) is 0 Å². The Balaban J connectivity index is 1.57. The number of hydrogen-bond donors (Lipinski definition) is 1. The highest BCUT2D eigenvalue weighted by Gasteiger charge is 2.42. The molecule has 0 aromatic heterocycles. The third-order valence-corrected chi connectivity index (χ3v) is 7.53. The molecule has 5 nitrogen and oxygen atoms in total. The first kappa shape index (κ1) is 18.3. The van der Waals surface area contributed by atoms with E-state index in [1.165, 1.54) is 38.4 Å². The predicted octanol–water partition coefficient (Wildman–Crippen LogP) is 2.39. The molecule has 4 atom stereocenters. The number of likely N-dealkylation sites (N-methyl/N-ethyl adjacent to an activating group) is 1. The SMILES string of the molecule is C[C@@H](NC(=O)CN(C)S(=O)(=O)c1ccc(F)cc1)[C@@H]1C[C@H]2CC[C@H]1C2. The first-order chi connectivity index (χ1) is 11.8. The number of sulfonamides is 1. The Morgan fingerprint density at radius 2 is 1.96 bits per heavy atom. The van der Waals surface area contributed by atoms with Crippen LogP contribution in [0.25, 0.3) is 0 Å². The molecule has 0 radical (unpaired) electrons. The van der Waals surface area contributed by atoms with E-state index in [-0.39, 0.29) is 23.4 Å². The summed E-state index contributed by atoms with van der Waals surface area (Å²) < 4.78 is 38.9. The summed E-state index contributed by atoms with van der Waals surface area (Å²) >= 11 is 0. The van der Waals surface area contributed by atoms with Gasteiger partial charge < -0.3 is 5.32 Å². The molecular weight excluding hydrogens is 343 g/mol. The predicted molar refractivity (Wildman–Crippen MR) is 92.8 cm³/mol. The lowest BCUT2D eigenvalue weighted by Gasteiger charge is -2.29. The first-order valence-corrected chi connectivity index (χ1v) is 10.2. The van der Waals surface area contributed by atoms with Gasteiger partial charge in [0, 0.05) is 13.1 Å². The summed E-state index contributed by atoms with van der Waals surface area (Å²) in [6.07, 6.45) is 4.98. The number of hydrogen-bond acceptors (Lipinski definition) is 3. The normalized spacial score (nSPS) is 26.8. The number of carbonyl (C=O) groups is 1. The maximum atomic E-state index is 13.0. The van der Waals surface area contributed by atoms with Crippen molar-refractivity contribution in [3.05, 3.63) is 30.1 Å². The average molecular weight is 368 g/mol. The molecule has 25 heavy (non-hydrogen) atoms. The second kappa shape index (κ2) is 7.03. The summed E-state index contributed by atoms with van der Waals surface area (Å²) in [7, 11) is -2.45. The van der Waals surface area contributed by atoms with E-state index in [0.717, 1.165) is 28.8 Å². The maximum absolute atomic E-state index is 13.0. The van der Waals surface area contributed by atoms with E-state index < -0.39 is 15.8 Å². The Morgan fingerprint density at radius 3 is 2.52 bits per heavy atom. The number of amides is 1. The van der Waals surface area contributed by atoms with Gasteiger partial charge in [-0.1, -0.05) is 6.42 Å². The quantitative estimate of drug-likeness (QED) is 0.838. The van der Waals surface area contributed by atoms with Gasteiger partial charge in [0.15, 0.2) is 0 Å². The van der Waals surface area contributed by atoms with Crippen molar-refractivity contribution in [2.24, 2.45) is 17.8 Å². The van der Waals surface area contributed by atoms with E-state index in [2.05, 4.69) is 5.32 Å². The van der Waals surface area contributed by atoms with Gasteiger partial charge in [0.1, 0.15) is 5.82 Å². The lowest BCUT2D eigenvalue weighted by Crippen LogP contribution is -2.45. The van der Waals surface area contributed by atoms with E-state index >= 15 is 0 Å². The molecule has 1 aromatic carbocycles. The van der Waals surface area contributed by atoms with E-state index in [0.29, 0.717) is 11.8 Å². The zero-order chi connectivity index (χ0) is 18.2. The Morgan fingerprint density at radius 1 is 1.28 bits per heavy atom. The van der Waals surface area contributed by atoms with Crippen LogP contribution in [0.15, 0.2) is 29.2 Å². The molecule has 1 amide bonds. The van der Waals surface area contributed by atoms with Crippen LogP contribution in [0.4, 0.5) is 4.39 Å². The van der Waals surface area contributed by atoms with Crippen LogP contribution >= 0.6 is 0 Å². The highest BCUT2D eigenvalue weighted by atomic mass is 32.2. The van der Waals surface area contributed by atoms with E-state index in [9.17, 15) is 17.6 Å². The molecule has 2 bridgehead atoms. The van der Waals surface area contributed by atoms with Crippen molar-refractivity contribution >= 4 is 15.9 Å². The molecule has 0 unspecified atom stereocenters. The highest BCUT2D eigenvalue weighted by Crippen LogP contribution is 2.49. The van der Waals surface area contributed by atoms with Crippen LogP contribution in [0, 0.1) is 23.6 Å². The summed E-state index contributed by atoms with van der Waals surface area (Å²) in [5.74, 6) is 1.20. The molecular formula is C18H25FN2O3S. The van der Waals surface area contributed by atoms with Gasteiger partial charge in [-0.05, 0) is 68.2 Å². The molecule has 2 aliphatic carbocycles. The van der Waals surface area contributed by atoms with E-state index in [1.807, 2.05) is 6.92 Å². The first-order valence-electron chi connectivity index (χ1n) is 8.78. The van der Waals surface area contributed by atoms with Crippen LogP contribution in [0.3, 0.4) is 0 Å². The van der Waals surface area contributed by atoms with Crippen molar-refractivity contribution in [2.45, 2.75) is 43.5 Å². The van der Waals surface area contributed by atoms with Crippen LogP contribution in [-0.2, 0) is 14.8 Å². The summed E-state index contributed by atoms with van der Waals surface area (Å²) in [5, 5.41) is 2.97. The van der Waals surface area contributed by atoms with Gasteiger partial charge in [0.05, 0.1) is 11.4 Å². The van der Waals surface area contributed by atoms with Gasteiger partial charge in [-0.25, -0.2) is 12.8 Å². The topological polar surface area (TPSA) is 66.5 Å². The Bertz CT molecular complexity index is 735. The molecule has 7 heteroatoms. The van der Waals surface area contributed by atoms with Crippen molar-refractivity contribution in [2.75, 3.05) is 13.6 Å². The van der Waals surface area contributed by atoms with Gasteiger partial charge >= 0.3 is 0 Å². The maximum Gasteiger partial charge on any atom is 0.243 e. The van der Waals surface area contributed by atoms with Gasteiger partial charge in [0.2, 0.25) is 15.9 Å². The summed E-state index contributed by atoms with van der Waals surface area (Å²) in [6.45, 7) is 1.77. The summed E-state index contributed by atoms with van der Waals surface area (Å²) in [5.41, 5.74) is 0. The van der Waals surface area contributed by atoms with Crippen LogP contribution in [-0.4, -0.2) is 38.3 Å². The highest BCUT2D eigenvalue weighted by molar-refractivity contribution is 7.89. The van der Waals surface area contributed by atoms with Crippen LogP contribution in [0.5, 0.6) is 0 Å². The average Bonchev–Trinajstić information content (AvgIpc) is 3.18. The minimum absolute atomic E-state index is 0.0228. The number of fused-ring (bicyclic) bond motifs is 2. The minimum atomic E-state index is -3.81. The fourth-order valence-electron chi connectivity index (χ4n) is 4.39.